The Morgan fingerprint density at radius 3 is 2.73 bits per heavy atom. The maximum absolute atomic E-state index is 11.1. The van der Waals surface area contributed by atoms with E-state index in [9.17, 15) is 4.21 Å². The molecular weight excluding hydrogens is 162 g/mol. The Bertz CT molecular complexity index is 119. The van der Waals surface area contributed by atoms with Crippen LogP contribution in [-0.4, -0.2) is 33.5 Å². The molecule has 0 bridgehead atoms. The van der Waals surface area contributed by atoms with Gasteiger partial charge in [0.15, 0.2) is 0 Å². The first-order chi connectivity index (χ1) is 5.20. The van der Waals surface area contributed by atoms with E-state index in [0.29, 0.717) is 12.2 Å². The third-order valence-corrected chi connectivity index (χ3v) is 3.00. The largest absolute Gasteiger partial charge is 0.396 e. The van der Waals surface area contributed by atoms with Gasteiger partial charge in [0.05, 0.1) is 0 Å². The lowest BCUT2D eigenvalue weighted by molar-refractivity contribution is 0.279. The summed E-state index contributed by atoms with van der Waals surface area (Å²) in [5, 5.41) is 8.50. The van der Waals surface area contributed by atoms with Crippen molar-refractivity contribution in [3.05, 3.63) is 0 Å². The molecule has 0 amide bonds. The highest BCUT2D eigenvalue weighted by molar-refractivity contribution is 7.85. The van der Waals surface area contributed by atoms with E-state index < -0.39 is 10.8 Å². The van der Waals surface area contributed by atoms with Crippen LogP contribution in [0.15, 0.2) is 0 Å². The normalized spacial score (nSPS) is 16.3. The van der Waals surface area contributed by atoms with Crippen LogP contribution in [0, 0.1) is 0 Å². The van der Waals surface area contributed by atoms with Gasteiger partial charge in [-0.1, -0.05) is 6.92 Å². The fourth-order valence-electron chi connectivity index (χ4n) is 0.799. The number of rotatable bonds is 6. The van der Waals surface area contributed by atoms with E-state index in [-0.39, 0.29) is 12.6 Å². The fourth-order valence-corrected chi connectivity index (χ4v) is 2.07. The summed E-state index contributed by atoms with van der Waals surface area (Å²) >= 11 is 0. The lowest BCUT2D eigenvalue weighted by Gasteiger charge is -2.07. The number of hydrogen-bond acceptors (Lipinski definition) is 3. The molecule has 0 aliphatic carbocycles. The maximum Gasteiger partial charge on any atom is 0.0446 e. The quantitative estimate of drug-likeness (QED) is 0.596. The summed E-state index contributed by atoms with van der Waals surface area (Å²) < 4.78 is 11.1. The third-order valence-electron chi connectivity index (χ3n) is 1.33. The SMILES string of the molecule is CCCS(=O)CC(N)CCO. The minimum absolute atomic E-state index is 0.0878. The monoisotopic (exact) mass is 179 g/mol. The Morgan fingerprint density at radius 2 is 2.27 bits per heavy atom. The minimum Gasteiger partial charge on any atom is -0.396 e. The van der Waals surface area contributed by atoms with Crippen molar-refractivity contribution in [3.63, 3.8) is 0 Å². The molecule has 0 fully saturated rings. The molecule has 0 aromatic heterocycles. The van der Waals surface area contributed by atoms with Gasteiger partial charge in [-0.2, -0.15) is 0 Å². The zero-order valence-electron chi connectivity index (χ0n) is 6.95. The second-order valence-corrected chi connectivity index (χ2v) is 4.20. The Morgan fingerprint density at radius 1 is 1.64 bits per heavy atom. The van der Waals surface area contributed by atoms with Crippen LogP contribution >= 0.6 is 0 Å². The molecule has 2 atom stereocenters. The fraction of sp³-hybridized carbons (Fsp3) is 1.00. The molecule has 0 aliphatic heterocycles. The van der Waals surface area contributed by atoms with E-state index in [1.807, 2.05) is 6.92 Å². The van der Waals surface area contributed by atoms with Gasteiger partial charge >= 0.3 is 0 Å². The van der Waals surface area contributed by atoms with Gasteiger partial charge < -0.3 is 10.8 Å². The van der Waals surface area contributed by atoms with Crippen molar-refractivity contribution in [1.82, 2.24) is 0 Å². The zero-order valence-corrected chi connectivity index (χ0v) is 7.77. The molecule has 0 spiro atoms. The van der Waals surface area contributed by atoms with Crippen molar-refractivity contribution in [1.29, 1.82) is 0 Å². The summed E-state index contributed by atoms with van der Waals surface area (Å²) in [5.74, 6) is 1.24. The molecule has 3 N–H and O–H groups in total. The lowest BCUT2D eigenvalue weighted by atomic mass is 10.3. The summed E-state index contributed by atoms with van der Waals surface area (Å²) in [6.07, 6.45) is 1.48. The van der Waals surface area contributed by atoms with Crippen LogP contribution in [0.2, 0.25) is 0 Å². The minimum atomic E-state index is -0.788. The highest BCUT2D eigenvalue weighted by Crippen LogP contribution is 1.93. The van der Waals surface area contributed by atoms with Crippen molar-refractivity contribution in [3.8, 4) is 0 Å². The molecule has 0 rings (SSSR count). The number of aliphatic hydroxyl groups is 1. The summed E-state index contributed by atoms with van der Waals surface area (Å²) in [5.41, 5.74) is 5.56. The zero-order chi connectivity index (χ0) is 8.69. The number of nitrogens with two attached hydrogens (primary N) is 1. The molecule has 0 aromatic carbocycles. The summed E-state index contributed by atoms with van der Waals surface area (Å²) in [6.45, 7) is 2.08. The Kier molecular flexibility index (Phi) is 6.80. The second kappa shape index (κ2) is 6.76. The maximum atomic E-state index is 11.1. The van der Waals surface area contributed by atoms with Crippen molar-refractivity contribution in [2.75, 3.05) is 18.1 Å². The molecule has 2 unspecified atom stereocenters. The first-order valence-electron chi connectivity index (χ1n) is 3.92. The Balaban J connectivity index is 3.40. The van der Waals surface area contributed by atoms with Crippen LogP contribution in [0.5, 0.6) is 0 Å². The number of hydrogen-bond donors (Lipinski definition) is 2. The van der Waals surface area contributed by atoms with Crippen molar-refractivity contribution in [2.45, 2.75) is 25.8 Å². The van der Waals surface area contributed by atoms with E-state index in [0.717, 1.165) is 12.2 Å². The Labute approximate surface area is 70.4 Å². The molecule has 0 aliphatic rings. The molecule has 0 saturated carbocycles. The van der Waals surface area contributed by atoms with Crippen LogP contribution in [0.3, 0.4) is 0 Å². The first-order valence-corrected chi connectivity index (χ1v) is 5.41. The average molecular weight is 179 g/mol. The van der Waals surface area contributed by atoms with Gasteiger partial charge in [0.25, 0.3) is 0 Å². The molecule has 11 heavy (non-hydrogen) atoms. The van der Waals surface area contributed by atoms with E-state index in [2.05, 4.69) is 0 Å². The van der Waals surface area contributed by atoms with Gasteiger partial charge in [-0.3, -0.25) is 4.21 Å². The molecular formula is C7H17NO2S. The van der Waals surface area contributed by atoms with Crippen LogP contribution in [0.1, 0.15) is 19.8 Å². The molecule has 0 saturated heterocycles. The first kappa shape index (κ1) is 11.1. The predicted octanol–water partition coefficient (Wildman–Crippen LogP) is -0.145. The van der Waals surface area contributed by atoms with Gasteiger partial charge in [0.1, 0.15) is 0 Å². The smallest absolute Gasteiger partial charge is 0.0446 e. The second-order valence-electron chi connectivity index (χ2n) is 2.58. The molecule has 0 radical (unpaired) electrons. The van der Waals surface area contributed by atoms with Crippen LogP contribution in [0.4, 0.5) is 0 Å². The summed E-state index contributed by atoms with van der Waals surface area (Å²) in [6, 6.07) is -0.104. The van der Waals surface area contributed by atoms with Crippen LogP contribution < -0.4 is 5.73 Å². The summed E-state index contributed by atoms with van der Waals surface area (Å²) in [4.78, 5) is 0. The third kappa shape index (κ3) is 6.47. The van der Waals surface area contributed by atoms with Gasteiger partial charge in [-0.05, 0) is 12.8 Å². The van der Waals surface area contributed by atoms with Gasteiger partial charge in [0.2, 0.25) is 0 Å². The van der Waals surface area contributed by atoms with Crippen LogP contribution in [0.25, 0.3) is 0 Å². The molecule has 3 nitrogen and oxygen atoms in total. The Hall–Kier alpha value is 0.0700. The molecule has 68 valence electrons. The van der Waals surface area contributed by atoms with Crippen molar-refractivity contribution >= 4 is 10.8 Å². The molecule has 4 heteroatoms. The predicted molar refractivity (Wildman–Crippen MR) is 47.8 cm³/mol. The highest BCUT2D eigenvalue weighted by Gasteiger charge is 2.05. The van der Waals surface area contributed by atoms with E-state index >= 15 is 0 Å². The highest BCUT2D eigenvalue weighted by atomic mass is 32.2. The molecule has 0 aromatic rings. The van der Waals surface area contributed by atoms with Crippen molar-refractivity contribution in [2.24, 2.45) is 5.73 Å². The average Bonchev–Trinajstić information content (AvgIpc) is 1.87. The van der Waals surface area contributed by atoms with E-state index in [1.165, 1.54) is 0 Å². The van der Waals surface area contributed by atoms with E-state index in [4.69, 9.17) is 10.8 Å². The van der Waals surface area contributed by atoms with Gasteiger partial charge in [0, 0.05) is 35.0 Å². The summed E-state index contributed by atoms with van der Waals surface area (Å²) in [7, 11) is -0.788. The number of aliphatic hydroxyl groups excluding tert-OH is 1. The molecule has 0 heterocycles. The lowest BCUT2D eigenvalue weighted by Crippen LogP contribution is -2.28. The van der Waals surface area contributed by atoms with Crippen LogP contribution in [-0.2, 0) is 10.8 Å². The standard InChI is InChI=1S/C7H17NO2S/c1-2-5-11(10)6-7(8)3-4-9/h7,9H,2-6,8H2,1H3. The van der Waals surface area contributed by atoms with Crippen molar-refractivity contribution < 1.29 is 9.32 Å². The van der Waals surface area contributed by atoms with Gasteiger partial charge in [-0.25, -0.2) is 0 Å². The van der Waals surface area contributed by atoms with E-state index in [1.54, 1.807) is 0 Å². The van der Waals surface area contributed by atoms with Gasteiger partial charge in [-0.15, -0.1) is 0 Å². The topological polar surface area (TPSA) is 63.3 Å².